The smallest absolute Gasteiger partial charge is 0.337 e. The van der Waals surface area contributed by atoms with Crippen molar-refractivity contribution in [2.45, 2.75) is 32.9 Å². The van der Waals surface area contributed by atoms with Crippen LogP contribution < -0.4 is 5.32 Å². The van der Waals surface area contributed by atoms with Gasteiger partial charge in [-0.15, -0.1) is 0 Å². The number of aryl methyl sites for hydroxylation is 1. The van der Waals surface area contributed by atoms with Crippen LogP contribution in [0.25, 0.3) is 0 Å². The minimum absolute atomic E-state index is 0.0912. The highest BCUT2D eigenvalue weighted by Crippen LogP contribution is 2.40. The van der Waals surface area contributed by atoms with Gasteiger partial charge in [-0.1, -0.05) is 11.6 Å². The molecule has 2 unspecified atom stereocenters. The molecule has 4 nitrogen and oxygen atoms in total. The first kappa shape index (κ1) is 14.3. The Hall–Kier alpha value is -2.10. The van der Waals surface area contributed by atoms with Crippen molar-refractivity contribution in [1.82, 2.24) is 0 Å². The summed E-state index contributed by atoms with van der Waals surface area (Å²) in [5.41, 5.74) is 4.96. The van der Waals surface area contributed by atoms with E-state index < -0.39 is 0 Å². The SMILES string of the molecule is C=NC1Nc2cc(C(=O)OC)cc(C)c2C1C=C(C)C. The molecule has 0 fully saturated rings. The number of ether oxygens (including phenoxy) is 1. The highest BCUT2D eigenvalue weighted by atomic mass is 16.5. The van der Waals surface area contributed by atoms with E-state index in [1.165, 1.54) is 18.2 Å². The Morgan fingerprint density at radius 1 is 1.45 bits per heavy atom. The molecule has 1 N–H and O–H groups in total. The molecule has 0 spiro atoms. The van der Waals surface area contributed by atoms with Gasteiger partial charge in [0.2, 0.25) is 0 Å². The Kier molecular flexibility index (Phi) is 3.93. The predicted molar refractivity (Wildman–Crippen MR) is 81.7 cm³/mol. The number of aliphatic imine (C=N–C) groups is 1. The molecule has 1 heterocycles. The van der Waals surface area contributed by atoms with Crippen molar-refractivity contribution in [3.05, 3.63) is 40.5 Å². The molecular formula is C16H20N2O2. The van der Waals surface area contributed by atoms with E-state index in [2.05, 4.69) is 37.0 Å². The van der Waals surface area contributed by atoms with E-state index in [1.807, 2.05) is 19.1 Å². The van der Waals surface area contributed by atoms with Crippen LogP contribution in [0.3, 0.4) is 0 Å². The maximum atomic E-state index is 11.7. The van der Waals surface area contributed by atoms with Gasteiger partial charge < -0.3 is 10.1 Å². The number of benzene rings is 1. The third kappa shape index (κ3) is 2.46. The van der Waals surface area contributed by atoms with Crippen molar-refractivity contribution in [2.75, 3.05) is 12.4 Å². The number of rotatable bonds is 3. The molecule has 0 saturated heterocycles. The first-order chi connectivity index (χ1) is 9.47. The summed E-state index contributed by atoms with van der Waals surface area (Å²) in [4.78, 5) is 15.8. The monoisotopic (exact) mass is 272 g/mol. The average Bonchev–Trinajstić information content (AvgIpc) is 2.75. The van der Waals surface area contributed by atoms with Crippen LogP contribution in [0.4, 0.5) is 5.69 Å². The lowest BCUT2D eigenvalue weighted by molar-refractivity contribution is 0.0600. The summed E-state index contributed by atoms with van der Waals surface area (Å²) in [7, 11) is 1.39. The molecule has 0 aliphatic carbocycles. The summed E-state index contributed by atoms with van der Waals surface area (Å²) >= 11 is 0. The minimum Gasteiger partial charge on any atom is -0.465 e. The molecule has 20 heavy (non-hydrogen) atoms. The Labute approximate surface area is 119 Å². The van der Waals surface area contributed by atoms with Crippen LogP contribution in [0.1, 0.15) is 41.3 Å². The molecule has 0 radical (unpaired) electrons. The first-order valence-electron chi connectivity index (χ1n) is 6.58. The van der Waals surface area contributed by atoms with Crippen molar-refractivity contribution < 1.29 is 9.53 Å². The van der Waals surface area contributed by atoms with E-state index >= 15 is 0 Å². The molecule has 1 aliphatic rings. The zero-order chi connectivity index (χ0) is 14.9. The second-order valence-corrected chi connectivity index (χ2v) is 5.29. The molecule has 4 heteroatoms. The molecule has 2 rings (SSSR count). The maximum absolute atomic E-state index is 11.7. The molecule has 1 aromatic carbocycles. The molecule has 0 aromatic heterocycles. The van der Waals surface area contributed by atoms with Crippen LogP contribution in [-0.2, 0) is 4.74 Å². The third-order valence-electron chi connectivity index (χ3n) is 3.49. The van der Waals surface area contributed by atoms with Crippen molar-refractivity contribution in [2.24, 2.45) is 4.99 Å². The summed E-state index contributed by atoms with van der Waals surface area (Å²) in [6.07, 6.45) is 2.09. The van der Waals surface area contributed by atoms with Gasteiger partial charge >= 0.3 is 5.97 Å². The number of hydrogen-bond donors (Lipinski definition) is 1. The number of nitrogens with zero attached hydrogens (tertiary/aromatic N) is 1. The predicted octanol–water partition coefficient (Wildman–Crippen LogP) is 3.28. The van der Waals surface area contributed by atoms with Crippen LogP contribution in [0, 0.1) is 6.92 Å². The van der Waals surface area contributed by atoms with Crippen LogP contribution in [-0.4, -0.2) is 26.0 Å². The van der Waals surface area contributed by atoms with Crippen LogP contribution in [0.5, 0.6) is 0 Å². The number of esters is 1. The fourth-order valence-electron chi connectivity index (χ4n) is 2.70. The zero-order valence-electron chi connectivity index (χ0n) is 12.4. The Balaban J connectivity index is 2.53. The highest BCUT2D eigenvalue weighted by Gasteiger charge is 2.32. The van der Waals surface area contributed by atoms with Crippen molar-refractivity contribution in [3.63, 3.8) is 0 Å². The van der Waals surface area contributed by atoms with E-state index in [1.54, 1.807) is 0 Å². The summed E-state index contributed by atoms with van der Waals surface area (Å²) in [5.74, 6) is -0.175. The quantitative estimate of drug-likeness (QED) is 0.522. The Morgan fingerprint density at radius 3 is 2.70 bits per heavy atom. The number of allylic oxidation sites excluding steroid dienone is 1. The van der Waals surface area contributed by atoms with Gasteiger partial charge in [0.15, 0.2) is 0 Å². The molecule has 0 saturated carbocycles. The normalized spacial score (nSPS) is 19.8. The zero-order valence-corrected chi connectivity index (χ0v) is 12.4. The number of methoxy groups -OCH3 is 1. The van der Waals surface area contributed by atoms with E-state index in [-0.39, 0.29) is 18.1 Å². The molecule has 106 valence electrons. The molecule has 0 amide bonds. The standard InChI is InChI=1S/C16H20N2O2/c1-9(2)6-12-14-10(3)7-11(16(19)20-5)8-13(14)18-15(12)17-4/h6-8,12,15,18H,4H2,1-3,5H3. The number of fused-ring (bicyclic) bond motifs is 1. The van der Waals surface area contributed by atoms with Gasteiger partial charge in [-0.05, 0) is 50.7 Å². The Bertz CT molecular complexity index is 586. The largest absolute Gasteiger partial charge is 0.465 e. The van der Waals surface area contributed by atoms with E-state index in [0.29, 0.717) is 5.56 Å². The fourth-order valence-corrected chi connectivity index (χ4v) is 2.70. The van der Waals surface area contributed by atoms with Crippen LogP contribution in [0.2, 0.25) is 0 Å². The lowest BCUT2D eigenvalue weighted by Gasteiger charge is -2.14. The lowest BCUT2D eigenvalue weighted by Crippen LogP contribution is -2.16. The number of nitrogens with one attached hydrogen (secondary N) is 1. The number of anilines is 1. The second-order valence-electron chi connectivity index (χ2n) is 5.29. The molecule has 2 atom stereocenters. The van der Waals surface area contributed by atoms with Crippen molar-refractivity contribution in [1.29, 1.82) is 0 Å². The van der Waals surface area contributed by atoms with Gasteiger partial charge in [-0.25, -0.2) is 4.79 Å². The Morgan fingerprint density at radius 2 is 2.15 bits per heavy atom. The minimum atomic E-state index is -0.327. The second kappa shape index (κ2) is 5.49. The van der Waals surface area contributed by atoms with Gasteiger partial charge in [0.1, 0.15) is 6.17 Å². The summed E-state index contributed by atoms with van der Waals surface area (Å²) in [6.45, 7) is 9.79. The summed E-state index contributed by atoms with van der Waals surface area (Å²) < 4.78 is 4.78. The average molecular weight is 272 g/mol. The van der Waals surface area contributed by atoms with Gasteiger partial charge in [-0.2, -0.15) is 0 Å². The van der Waals surface area contributed by atoms with Gasteiger partial charge in [0, 0.05) is 11.6 Å². The van der Waals surface area contributed by atoms with Gasteiger partial charge in [0.25, 0.3) is 0 Å². The molecule has 1 aromatic rings. The fraction of sp³-hybridized carbons (Fsp3) is 0.375. The first-order valence-corrected chi connectivity index (χ1v) is 6.58. The summed E-state index contributed by atoms with van der Waals surface area (Å²) in [5, 5.41) is 3.32. The number of hydrogen-bond acceptors (Lipinski definition) is 4. The maximum Gasteiger partial charge on any atom is 0.337 e. The van der Waals surface area contributed by atoms with Gasteiger partial charge in [-0.3, -0.25) is 4.99 Å². The molecule has 1 aliphatic heterocycles. The summed E-state index contributed by atoms with van der Waals surface area (Å²) in [6, 6.07) is 3.69. The van der Waals surface area contributed by atoms with Crippen LogP contribution >= 0.6 is 0 Å². The molecule has 0 bridgehead atoms. The van der Waals surface area contributed by atoms with Gasteiger partial charge in [0.05, 0.1) is 12.7 Å². The van der Waals surface area contributed by atoms with E-state index in [4.69, 9.17) is 4.74 Å². The highest BCUT2D eigenvalue weighted by molar-refractivity contribution is 5.91. The third-order valence-corrected chi connectivity index (χ3v) is 3.49. The van der Waals surface area contributed by atoms with Crippen molar-refractivity contribution in [3.8, 4) is 0 Å². The lowest BCUT2D eigenvalue weighted by atomic mass is 9.92. The van der Waals surface area contributed by atoms with Crippen LogP contribution in [0.15, 0.2) is 28.8 Å². The topological polar surface area (TPSA) is 50.7 Å². The number of carbonyl (C=O) groups is 1. The van der Waals surface area contributed by atoms with E-state index in [9.17, 15) is 4.79 Å². The number of carbonyl (C=O) groups excluding carboxylic acids is 1. The van der Waals surface area contributed by atoms with E-state index in [0.717, 1.165) is 11.3 Å². The van der Waals surface area contributed by atoms with Crippen molar-refractivity contribution >= 4 is 18.4 Å². The molecular weight excluding hydrogens is 252 g/mol.